The van der Waals surface area contributed by atoms with Gasteiger partial charge >= 0.3 is 0 Å². The van der Waals surface area contributed by atoms with E-state index >= 15 is 0 Å². The Bertz CT molecular complexity index is 531. The molecule has 1 aliphatic heterocycles. The molecule has 1 atom stereocenters. The first-order valence-corrected chi connectivity index (χ1v) is 7.91. The zero-order valence-electron chi connectivity index (χ0n) is 10.0. The highest BCUT2D eigenvalue weighted by atomic mass is 35.5. The van der Waals surface area contributed by atoms with E-state index in [0.717, 1.165) is 19.4 Å². The molecule has 0 spiro atoms. The Morgan fingerprint density at radius 3 is 2.58 bits per heavy atom. The van der Waals surface area contributed by atoms with Crippen molar-refractivity contribution in [2.45, 2.75) is 23.8 Å². The lowest BCUT2D eigenvalue weighted by Crippen LogP contribution is -2.45. The topological polar surface area (TPSA) is 58.2 Å². The minimum absolute atomic E-state index is 0. The van der Waals surface area contributed by atoms with E-state index in [1.165, 1.54) is 18.2 Å². The highest BCUT2D eigenvalue weighted by molar-refractivity contribution is 7.89. The lowest BCUT2D eigenvalue weighted by molar-refractivity contribution is 0.428. The van der Waals surface area contributed by atoms with E-state index < -0.39 is 10.0 Å². The lowest BCUT2D eigenvalue weighted by Gasteiger charge is -2.23. The van der Waals surface area contributed by atoms with Crippen molar-refractivity contribution in [1.29, 1.82) is 0 Å². The van der Waals surface area contributed by atoms with Gasteiger partial charge in [0.15, 0.2) is 0 Å². The summed E-state index contributed by atoms with van der Waals surface area (Å²) in [6, 6.07) is 4.23. The van der Waals surface area contributed by atoms with Gasteiger partial charge in [0.2, 0.25) is 10.0 Å². The van der Waals surface area contributed by atoms with E-state index in [4.69, 9.17) is 23.2 Å². The van der Waals surface area contributed by atoms with E-state index in [-0.39, 0.29) is 28.4 Å². The molecule has 0 aromatic heterocycles. The smallest absolute Gasteiger partial charge is 0.240 e. The van der Waals surface area contributed by atoms with Crippen LogP contribution in [0.4, 0.5) is 0 Å². The third-order valence-electron chi connectivity index (χ3n) is 2.82. The van der Waals surface area contributed by atoms with Crippen molar-refractivity contribution in [1.82, 2.24) is 10.0 Å². The molecule has 0 bridgehead atoms. The van der Waals surface area contributed by atoms with Gasteiger partial charge in [0.05, 0.1) is 14.9 Å². The van der Waals surface area contributed by atoms with Crippen LogP contribution in [0.1, 0.15) is 12.8 Å². The monoisotopic (exact) mass is 344 g/mol. The van der Waals surface area contributed by atoms with Crippen LogP contribution in [0.15, 0.2) is 23.1 Å². The van der Waals surface area contributed by atoms with E-state index in [0.29, 0.717) is 11.6 Å². The molecule has 108 valence electrons. The standard InChI is InChI=1S/C11H14Cl2N2O2S.ClH/c12-10-4-3-9(6-11(10)13)18(16,17)15-8-2-1-5-14-7-8;/h3-4,6,8,14-15H,1-2,5,7H2;1H/t8-;/m1./s1. The Morgan fingerprint density at radius 1 is 1.26 bits per heavy atom. The van der Waals surface area contributed by atoms with Crippen LogP contribution in [0, 0.1) is 0 Å². The number of rotatable bonds is 3. The second kappa shape index (κ2) is 7.11. The van der Waals surface area contributed by atoms with Gasteiger partial charge in [-0.1, -0.05) is 23.2 Å². The Hall–Kier alpha value is -0.0400. The summed E-state index contributed by atoms with van der Waals surface area (Å²) in [5, 5.41) is 3.74. The summed E-state index contributed by atoms with van der Waals surface area (Å²) >= 11 is 11.6. The number of hydrogen-bond acceptors (Lipinski definition) is 3. The molecule has 4 nitrogen and oxygen atoms in total. The van der Waals surface area contributed by atoms with Crippen molar-refractivity contribution >= 4 is 45.6 Å². The van der Waals surface area contributed by atoms with Gasteiger partial charge in [0, 0.05) is 12.6 Å². The molecule has 0 amide bonds. The van der Waals surface area contributed by atoms with Crippen LogP contribution in [-0.2, 0) is 10.0 Å². The summed E-state index contributed by atoms with van der Waals surface area (Å²) in [4.78, 5) is 0.141. The van der Waals surface area contributed by atoms with Crippen LogP contribution in [-0.4, -0.2) is 27.5 Å². The van der Waals surface area contributed by atoms with Crippen molar-refractivity contribution in [3.63, 3.8) is 0 Å². The van der Waals surface area contributed by atoms with Crippen LogP contribution in [0.3, 0.4) is 0 Å². The molecular weight excluding hydrogens is 331 g/mol. The van der Waals surface area contributed by atoms with E-state index in [2.05, 4.69) is 10.0 Å². The molecule has 1 heterocycles. The average molecular weight is 346 g/mol. The first-order chi connectivity index (χ1) is 8.49. The van der Waals surface area contributed by atoms with Gasteiger partial charge in [-0.05, 0) is 37.6 Å². The molecule has 8 heteroatoms. The Morgan fingerprint density at radius 2 is 2.00 bits per heavy atom. The molecule has 1 aliphatic rings. The number of hydrogen-bond donors (Lipinski definition) is 2. The summed E-state index contributed by atoms with van der Waals surface area (Å²) < 4.78 is 26.9. The Kier molecular flexibility index (Phi) is 6.36. The highest BCUT2D eigenvalue weighted by Crippen LogP contribution is 2.25. The minimum atomic E-state index is -3.53. The maximum Gasteiger partial charge on any atom is 0.240 e. The maximum atomic E-state index is 12.1. The molecule has 1 fully saturated rings. The van der Waals surface area contributed by atoms with Gasteiger partial charge in [-0.25, -0.2) is 13.1 Å². The Labute approximate surface area is 129 Å². The van der Waals surface area contributed by atoms with Gasteiger partial charge < -0.3 is 5.32 Å². The number of nitrogens with one attached hydrogen (secondary N) is 2. The van der Waals surface area contributed by atoms with Gasteiger partial charge in [-0.3, -0.25) is 0 Å². The molecule has 1 aromatic rings. The highest BCUT2D eigenvalue weighted by Gasteiger charge is 2.22. The molecule has 0 aliphatic carbocycles. The first-order valence-electron chi connectivity index (χ1n) is 5.67. The average Bonchev–Trinajstić information content (AvgIpc) is 2.33. The van der Waals surface area contributed by atoms with Crippen molar-refractivity contribution in [2.24, 2.45) is 0 Å². The summed E-state index contributed by atoms with van der Waals surface area (Å²) in [6.07, 6.45) is 1.81. The zero-order chi connectivity index (χ0) is 13.2. The summed E-state index contributed by atoms with van der Waals surface area (Å²) in [5.41, 5.74) is 0. The zero-order valence-corrected chi connectivity index (χ0v) is 13.2. The lowest BCUT2D eigenvalue weighted by atomic mass is 10.1. The molecule has 1 aromatic carbocycles. The number of benzene rings is 1. The fourth-order valence-corrected chi connectivity index (χ4v) is 3.54. The molecule has 19 heavy (non-hydrogen) atoms. The van der Waals surface area contributed by atoms with Crippen LogP contribution < -0.4 is 10.0 Å². The predicted molar refractivity (Wildman–Crippen MR) is 79.9 cm³/mol. The molecule has 0 radical (unpaired) electrons. The van der Waals surface area contributed by atoms with Crippen molar-refractivity contribution in [3.8, 4) is 0 Å². The van der Waals surface area contributed by atoms with Gasteiger partial charge in [0.1, 0.15) is 0 Å². The Balaban J connectivity index is 0.00000180. The van der Waals surface area contributed by atoms with Gasteiger partial charge in [-0.15, -0.1) is 12.4 Å². The predicted octanol–water partition coefficient (Wildman–Crippen LogP) is 2.45. The number of sulfonamides is 1. The fourth-order valence-electron chi connectivity index (χ4n) is 1.88. The number of piperidine rings is 1. The van der Waals surface area contributed by atoms with Gasteiger partial charge in [0.25, 0.3) is 0 Å². The van der Waals surface area contributed by atoms with Gasteiger partial charge in [-0.2, -0.15) is 0 Å². The molecule has 2 rings (SSSR count). The SMILES string of the molecule is Cl.O=S(=O)(N[C@@H]1CCCNC1)c1ccc(Cl)c(Cl)c1. The molecule has 0 unspecified atom stereocenters. The van der Waals surface area contributed by atoms with Crippen molar-refractivity contribution < 1.29 is 8.42 Å². The largest absolute Gasteiger partial charge is 0.315 e. The van der Waals surface area contributed by atoms with E-state index in [1.54, 1.807) is 0 Å². The maximum absolute atomic E-state index is 12.1. The van der Waals surface area contributed by atoms with Crippen LogP contribution in [0.5, 0.6) is 0 Å². The second-order valence-corrected chi connectivity index (χ2v) is 6.77. The van der Waals surface area contributed by atoms with Crippen molar-refractivity contribution in [2.75, 3.05) is 13.1 Å². The van der Waals surface area contributed by atoms with Crippen molar-refractivity contribution in [3.05, 3.63) is 28.2 Å². The van der Waals surface area contributed by atoms with E-state index in [1.807, 2.05) is 0 Å². The third-order valence-corrected chi connectivity index (χ3v) is 5.08. The second-order valence-electron chi connectivity index (χ2n) is 4.24. The quantitative estimate of drug-likeness (QED) is 0.884. The summed E-state index contributed by atoms with van der Waals surface area (Å²) in [6.45, 7) is 1.59. The molecular formula is C11H15Cl3N2O2S. The molecule has 2 N–H and O–H groups in total. The fraction of sp³-hybridized carbons (Fsp3) is 0.455. The normalized spacial score (nSPS) is 19.8. The molecule has 0 saturated carbocycles. The summed E-state index contributed by atoms with van der Waals surface area (Å²) in [5.74, 6) is 0. The third kappa shape index (κ3) is 4.48. The molecule has 1 saturated heterocycles. The first kappa shape index (κ1) is 17.0. The van der Waals surface area contributed by atoms with E-state index in [9.17, 15) is 8.42 Å². The number of halogens is 3. The summed E-state index contributed by atoms with van der Waals surface area (Å²) in [7, 11) is -3.53. The van der Waals surface area contributed by atoms with Crippen LogP contribution in [0.2, 0.25) is 10.0 Å². The van der Waals surface area contributed by atoms with Crippen LogP contribution in [0.25, 0.3) is 0 Å². The van der Waals surface area contributed by atoms with Crippen LogP contribution >= 0.6 is 35.6 Å². The minimum Gasteiger partial charge on any atom is -0.315 e.